The van der Waals surface area contributed by atoms with E-state index in [0.717, 1.165) is 30.6 Å². The number of hydrogen-bond acceptors (Lipinski definition) is 11. The van der Waals surface area contributed by atoms with Crippen LogP contribution >= 0.6 is 0 Å². The quantitative estimate of drug-likeness (QED) is 0.152. The summed E-state index contributed by atoms with van der Waals surface area (Å²) in [6.07, 6.45) is -2.86. The summed E-state index contributed by atoms with van der Waals surface area (Å²) in [4.78, 5) is 65.8. The number of nitrogens with zero attached hydrogens (tertiary/aromatic N) is 1. The normalized spacial score (nSPS) is 16.7. The Morgan fingerprint density at radius 2 is 1.79 bits per heavy atom. The van der Waals surface area contributed by atoms with E-state index in [1.54, 1.807) is 18.2 Å². The average Bonchev–Trinajstić information content (AvgIpc) is 3.34. The lowest BCUT2D eigenvalue weighted by Crippen LogP contribution is -2.53. The fourth-order valence-corrected chi connectivity index (χ4v) is 4.34. The molecule has 42 heavy (non-hydrogen) atoms. The number of ether oxygens (including phenoxy) is 5. The van der Waals surface area contributed by atoms with Gasteiger partial charge in [0, 0.05) is 32.6 Å². The van der Waals surface area contributed by atoms with Crippen LogP contribution in [-0.2, 0) is 42.9 Å². The number of aryl methyl sites for hydroxylation is 1. The molecule has 0 aromatic heterocycles. The van der Waals surface area contributed by atoms with Gasteiger partial charge in [0.25, 0.3) is 5.91 Å². The van der Waals surface area contributed by atoms with Crippen molar-refractivity contribution < 1.29 is 52.8 Å². The summed E-state index contributed by atoms with van der Waals surface area (Å²) in [5.74, 6) is -3.12. The minimum Gasteiger partial charge on any atom is -0.451 e. The molecule has 3 atom stereocenters. The Balaban J connectivity index is 2.32. The van der Waals surface area contributed by atoms with Crippen LogP contribution in [0, 0.1) is 12.8 Å². The largest absolute Gasteiger partial charge is 0.451 e. The van der Waals surface area contributed by atoms with Crippen molar-refractivity contribution >= 4 is 35.1 Å². The smallest absolute Gasteiger partial charge is 0.417 e. The van der Waals surface area contributed by atoms with Crippen molar-refractivity contribution in [3.05, 3.63) is 41.5 Å². The molecule has 0 aliphatic carbocycles. The summed E-state index contributed by atoms with van der Waals surface area (Å²) in [6, 6.07) is 6.38. The summed E-state index contributed by atoms with van der Waals surface area (Å²) >= 11 is 0. The van der Waals surface area contributed by atoms with Gasteiger partial charge in [-0.1, -0.05) is 43.7 Å². The first-order chi connectivity index (χ1) is 20.0. The van der Waals surface area contributed by atoms with Gasteiger partial charge in [-0.2, -0.15) is 0 Å². The van der Waals surface area contributed by atoms with Gasteiger partial charge in [0.15, 0.2) is 23.8 Å². The van der Waals surface area contributed by atoms with E-state index in [2.05, 4.69) is 0 Å². The summed E-state index contributed by atoms with van der Waals surface area (Å²) in [5.41, 5.74) is 1.38. The molecule has 0 radical (unpaired) electrons. The van der Waals surface area contributed by atoms with E-state index < -0.39 is 42.0 Å². The number of rotatable bonds is 18. The van der Waals surface area contributed by atoms with E-state index in [0.29, 0.717) is 25.2 Å². The van der Waals surface area contributed by atoms with Crippen molar-refractivity contribution in [3.63, 3.8) is 0 Å². The van der Waals surface area contributed by atoms with Crippen molar-refractivity contribution in [3.8, 4) is 0 Å². The zero-order chi connectivity index (χ0) is 31.2. The van der Waals surface area contributed by atoms with Crippen molar-refractivity contribution in [2.45, 2.75) is 58.8 Å². The molecular weight excluding hydrogens is 550 g/mol. The van der Waals surface area contributed by atoms with Crippen molar-refractivity contribution in [1.29, 1.82) is 0 Å². The molecule has 2 rings (SSSR count). The monoisotopic (exact) mass is 591 g/mol. The fourth-order valence-electron chi connectivity index (χ4n) is 4.34. The number of imide groups is 1. The van der Waals surface area contributed by atoms with Crippen molar-refractivity contribution in [2.24, 2.45) is 5.92 Å². The molecule has 2 amide bonds. The molecule has 1 aromatic carbocycles. The molecule has 1 aliphatic rings. The fraction of sp³-hybridized carbons (Fsp3) is 0.567. The Hall–Kier alpha value is -3.45. The standard InChI is InChI=1S/C30H41NO11/c1-19(2)24-18-41-30(37)31(24)29(36)28(38-5)27(42-21(4)33)26(35)17-23(22-9-6-8-20(3)16-22)25(34)10-7-12-39-14-15-40-13-11-32/h6,8-9,16-17,19,24,27-28,32H,7,10-15,18H2,1-5H3/t24-,27-,28+/m1/s1. The molecule has 1 fully saturated rings. The number of Topliss-reactive ketones (excluding diaryl/α,β-unsaturated/α-hetero) is 1. The number of benzene rings is 1. The third kappa shape index (κ3) is 10.1. The molecule has 232 valence electrons. The maximum absolute atomic E-state index is 13.6. The first-order valence-corrected chi connectivity index (χ1v) is 13.8. The molecule has 12 nitrogen and oxygen atoms in total. The number of carbonyl (C=O) groups is 5. The van der Waals surface area contributed by atoms with Crippen molar-refractivity contribution in [2.75, 3.05) is 46.8 Å². The predicted octanol–water partition coefficient (Wildman–Crippen LogP) is 2.27. The molecule has 0 bridgehead atoms. The van der Waals surface area contributed by atoms with Gasteiger partial charge >= 0.3 is 12.1 Å². The second kappa shape index (κ2) is 17.5. The van der Waals surface area contributed by atoms with Gasteiger partial charge < -0.3 is 28.8 Å². The molecule has 0 spiro atoms. The zero-order valence-electron chi connectivity index (χ0n) is 24.8. The van der Waals surface area contributed by atoms with Crippen LogP contribution in [0.2, 0.25) is 0 Å². The van der Waals surface area contributed by atoms with Crippen LogP contribution in [0.1, 0.15) is 44.7 Å². The van der Waals surface area contributed by atoms with E-state index in [1.807, 2.05) is 26.8 Å². The number of cyclic esters (lactones) is 1. The highest BCUT2D eigenvalue weighted by molar-refractivity contribution is 6.25. The highest BCUT2D eigenvalue weighted by Crippen LogP contribution is 2.25. The van der Waals surface area contributed by atoms with E-state index in [4.69, 9.17) is 28.8 Å². The van der Waals surface area contributed by atoms with Gasteiger partial charge in [0.05, 0.1) is 32.5 Å². The average molecular weight is 592 g/mol. The Kier molecular flexibility index (Phi) is 14.5. The van der Waals surface area contributed by atoms with Crippen LogP contribution in [0.4, 0.5) is 4.79 Å². The number of hydrogen-bond donors (Lipinski definition) is 1. The lowest BCUT2D eigenvalue weighted by atomic mass is 9.94. The second-order valence-electron chi connectivity index (χ2n) is 10.1. The number of allylic oxidation sites excluding steroid dienone is 1. The van der Waals surface area contributed by atoms with E-state index in [9.17, 15) is 24.0 Å². The third-order valence-corrected chi connectivity index (χ3v) is 6.47. The van der Waals surface area contributed by atoms with Crippen LogP contribution in [0.15, 0.2) is 30.3 Å². The number of carbonyl (C=O) groups excluding carboxylic acids is 5. The number of aliphatic hydroxyl groups excluding tert-OH is 1. The van der Waals surface area contributed by atoms with Gasteiger partial charge in [-0.25, -0.2) is 9.69 Å². The molecule has 1 N–H and O–H groups in total. The molecule has 1 saturated heterocycles. The molecular formula is C30H41NO11. The second-order valence-corrected chi connectivity index (χ2v) is 10.1. The molecule has 12 heteroatoms. The van der Waals surface area contributed by atoms with Crippen LogP contribution in [-0.4, -0.2) is 105 Å². The number of ketones is 2. The zero-order valence-corrected chi connectivity index (χ0v) is 24.8. The maximum Gasteiger partial charge on any atom is 0.417 e. The Morgan fingerprint density at radius 1 is 1.10 bits per heavy atom. The van der Waals surface area contributed by atoms with Gasteiger partial charge in [-0.05, 0) is 30.9 Å². The van der Waals surface area contributed by atoms with Gasteiger partial charge in [0.2, 0.25) is 0 Å². The first kappa shape index (κ1) is 34.7. The predicted molar refractivity (Wildman–Crippen MR) is 150 cm³/mol. The van der Waals surface area contributed by atoms with Crippen LogP contribution in [0.5, 0.6) is 0 Å². The molecule has 0 unspecified atom stereocenters. The molecule has 1 aromatic rings. The number of amides is 2. The Bertz CT molecular complexity index is 1130. The van der Waals surface area contributed by atoms with Gasteiger partial charge in [0.1, 0.15) is 6.61 Å². The third-order valence-electron chi connectivity index (χ3n) is 6.47. The van der Waals surface area contributed by atoms with E-state index in [-0.39, 0.29) is 50.1 Å². The Labute approximate surface area is 245 Å². The minimum atomic E-state index is -1.77. The number of methoxy groups -OCH3 is 1. The minimum absolute atomic E-state index is 0.0177. The molecule has 1 heterocycles. The summed E-state index contributed by atoms with van der Waals surface area (Å²) in [5, 5.41) is 8.73. The summed E-state index contributed by atoms with van der Waals surface area (Å²) in [6.45, 7) is 7.51. The van der Waals surface area contributed by atoms with Gasteiger partial charge in [-0.15, -0.1) is 0 Å². The lowest BCUT2D eigenvalue weighted by molar-refractivity contribution is -0.166. The van der Waals surface area contributed by atoms with Crippen LogP contribution in [0.3, 0.4) is 0 Å². The number of esters is 1. The highest BCUT2D eigenvalue weighted by Gasteiger charge is 2.47. The van der Waals surface area contributed by atoms with E-state index in [1.165, 1.54) is 0 Å². The first-order valence-electron chi connectivity index (χ1n) is 13.8. The molecule has 1 aliphatic heterocycles. The highest BCUT2D eigenvalue weighted by atomic mass is 16.6. The summed E-state index contributed by atoms with van der Waals surface area (Å²) < 4.78 is 26.2. The van der Waals surface area contributed by atoms with Crippen LogP contribution in [0.25, 0.3) is 5.57 Å². The molecule has 0 saturated carbocycles. The summed E-state index contributed by atoms with van der Waals surface area (Å²) in [7, 11) is 1.16. The van der Waals surface area contributed by atoms with E-state index >= 15 is 0 Å². The lowest BCUT2D eigenvalue weighted by Gasteiger charge is -2.29. The van der Waals surface area contributed by atoms with Crippen LogP contribution < -0.4 is 0 Å². The number of aliphatic hydroxyl groups is 1. The SMILES string of the molecule is CO[C@H](C(=O)N1C(=O)OC[C@@H]1C(C)C)[C@H](OC(C)=O)C(=O)C=C(C(=O)CCCOCCOCCO)c1cccc(C)c1. The van der Waals surface area contributed by atoms with Crippen molar-refractivity contribution in [1.82, 2.24) is 4.90 Å². The Morgan fingerprint density at radius 3 is 2.38 bits per heavy atom. The maximum atomic E-state index is 13.6. The van der Waals surface area contributed by atoms with Gasteiger partial charge in [-0.3, -0.25) is 19.2 Å². The topological polar surface area (TPSA) is 155 Å².